The van der Waals surface area contributed by atoms with Crippen molar-refractivity contribution in [2.24, 2.45) is 5.92 Å². The maximum absolute atomic E-state index is 15.9. The summed E-state index contributed by atoms with van der Waals surface area (Å²) in [4.78, 5) is 24.8. The average molecular weight is 702 g/mol. The molecule has 7 nitrogen and oxygen atoms in total. The topological polar surface area (TPSA) is 80.1 Å². The van der Waals surface area contributed by atoms with E-state index in [0.717, 1.165) is 26.1 Å². The number of nitrogens with one attached hydrogen (secondary N) is 1. The van der Waals surface area contributed by atoms with Gasteiger partial charge >= 0.3 is 0 Å². The molecule has 2 saturated heterocycles. The zero-order chi connectivity index (χ0) is 34.8. The Kier molecular flexibility index (Phi) is 15.2. The van der Waals surface area contributed by atoms with Crippen molar-refractivity contribution in [3.8, 4) is 0 Å². The zero-order valence-corrected chi connectivity index (χ0v) is 29.3. The highest BCUT2D eigenvalue weighted by Gasteiger charge is 2.39. The number of likely N-dealkylation sites (tertiary alicyclic amines) is 1. The molecule has 2 fully saturated rings. The molecule has 270 valence electrons. The number of halogens is 3. The predicted molar refractivity (Wildman–Crippen MR) is 197 cm³/mol. The van der Waals surface area contributed by atoms with Gasteiger partial charge in [-0.25, -0.2) is 23.1 Å². The van der Waals surface area contributed by atoms with E-state index < -0.39 is 40.6 Å². The SMILES string of the molecule is C.C=CCCCn1c(=O)c(C2CCS(=O)CC2)cc2c(N[C@H](C)c3cccc(C(F)(F)CC4CCN(CC=C)CC4)c3F)ncnc21.CC. The highest BCUT2D eigenvalue weighted by molar-refractivity contribution is 7.85. The normalized spacial score (nSPS) is 19.3. The van der Waals surface area contributed by atoms with Crippen LogP contribution < -0.4 is 10.9 Å². The van der Waals surface area contributed by atoms with Crippen LogP contribution in [0.3, 0.4) is 0 Å². The lowest BCUT2D eigenvalue weighted by molar-refractivity contribution is -0.0397. The van der Waals surface area contributed by atoms with Crippen LogP contribution in [-0.4, -0.2) is 54.8 Å². The smallest absolute Gasteiger partial charge is 0.276 e. The summed E-state index contributed by atoms with van der Waals surface area (Å²) in [5.41, 5.74) is 0.462. The molecule has 49 heavy (non-hydrogen) atoms. The Morgan fingerprint density at radius 2 is 1.80 bits per heavy atom. The molecule has 4 heterocycles. The van der Waals surface area contributed by atoms with Crippen LogP contribution >= 0.6 is 0 Å². The number of allylic oxidation sites excluding steroid dienone is 1. The fourth-order valence-corrected chi connectivity index (χ4v) is 8.09. The molecule has 1 atom stereocenters. The number of hydrogen-bond donors (Lipinski definition) is 1. The highest BCUT2D eigenvalue weighted by Crippen LogP contribution is 2.41. The minimum atomic E-state index is -3.31. The van der Waals surface area contributed by atoms with Gasteiger partial charge in [0.15, 0.2) is 0 Å². The van der Waals surface area contributed by atoms with E-state index in [2.05, 4.69) is 33.3 Å². The molecule has 0 saturated carbocycles. The molecule has 2 aliphatic heterocycles. The minimum absolute atomic E-state index is 0. The van der Waals surface area contributed by atoms with Gasteiger partial charge in [0.05, 0.1) is 17.0 Å². The molecular weight excluding hydrogens is 648 g/mol. The van der Waals surface area contributed by atoms with Crippen LogP contribution in [0.5, 0.6) is 0 Å². The Bertz CT molecular complexity index is 1630. The quantitative estimate of drug-likeness (QED) is 0.142. The summed E-state index contributed by atoms with van der Waals surface area (Å²) in [6.45, 7) is 15.9. The van der Waals surface area contributed by atoms with Gasteiger partial charge in [0.1, 0.15) is 23.6 Å². The molecule has 0 aliphatic carbocycles. The lowest BCUT2D eigenvalue weighted by Crippen LogP contribution is -2.35. The highest BCUT2D eigenvalue weighted by atomic mass is 32.2. The van der Waals surface area contributed by atoms with E-state index >= 15 is 13.2 Å². The summed E-state index contributed by atoms with van der Waals surface area (Å²) < 4.78 is 60.8. The minimum Gasteiger partial charge on any atom is -0.363 e. The first-order chi connectivity index (χ1) is 23.1. The molecule has 0 bridgehead atoms. The van der Waals surface area contributed by atoms with Crippen LogP contribution in [0.1, 0.15) is 102 Å². The second-order valence-electron chi connectivity index (χ2n) is 12.6. The molecule has 0 unspecified atom stereocenters. The maximum Gasteiger partial charge on any atom is 0.276 e. The van der Waals surface area contributed by atoms with Crippen LogP contribution in [0.4, 0.5) is 19.0 Å². The molecule has 5 rings (SSSR count). The van der Waals surface area contributed by atoms with Gasteiger partial charge in [-0.15, -0.1) is 13.2 Å². The van der Waals surface area contributed by atoms with Crippen molar-refractivity contribution >= 4 is 27.7 Å². The summed E-state index contributed by atoms with van der Waals surface area (Å²) in [6.07, 6.45) is 8.57. The van der Waals surface area contributed by atoms with Crippen LogP contribution in [0.25, 0.3) is 11.0 Å². The van der Waals surface area contributed by atoms with Gasteiger partial charge in [-0.2, -0.15) is 0 Å². The maximum atomic E-state index is 15.9. The van der Waals surface area contributed by atoms with E-state index in [-0.39, 0.29) is 30.4 Å². The van der Waals surface area contributed by atoms with E-state index in [0.29, 0.717) is 72.6 Å². The van der Waals surface area contributed by atoms with Crippen molar-refractivity contribution < 1.29 is 17.4 Å². The van der Waals surface area contributed by atoms with Crippen molar-refractivity contribution in [1.29, 1.82) is 0 Å². The van der Waals surface area contributed by atoms with Crippen LogP contribution in [0, 0.1) is 11.7 Å². The van der Waals surface area contributed by atoms with Gasteiger partial charge in [-0.1, -0.05) is 51.6 Å². The Balaban J connectivity index is 0.00000213. The second-order valence-corrected chi connectivity index (χ2v) is 14.3. The standard InChI is InChI=1S/C35H44F3N5O2S.C2H6.CH4/c1-4-6-7-16-43-33-29(21-28(34(43)44)26-13-19-46(45)20-14-26)32(39-23-40-33)41-24(3)27-9-8-10-30(31(27)36)35(37,38)22-25-11-17-42(15-5-2)18-12-25;1-2;/h4-5,8-10,21,23-26H,1-2,6-7,11-20,22H2,3H3,(H,39,40,41);1-2H3;1H4/t24-,26?,46?;;/m1../s1. The van der Waals surface area contributed by atoms with Crippen LogP contribution in [0.15, 0.2) is 60.7 Å². The number of benzene rings is 1. The van der Waals surface area contributed by atoms with Gasteiger partial charge in [-0.3, -0.25) is 18.5 Å². The van der Waals surface area contributed by atoms with Gasteiger partial charge < -0.3 is 5.32 Å². The number of nitrogens with zero attached hydrogens (tertiary/aromatic N) is 4. The average Bonchev–Trinajstić information content (AvgIpc) is 3.08. The van der Waals surface area contributed by atoms with E-state index in [1.54, 1.807) is 23.6 Å². The van der Waals surface area contributed by atoms with Crippen LogP contribution in [-0.2, 0) is 23.3 Å². The number of unbranched alkanes of at least 4 members (excludes halogenated alkanes) is 1. The molecule has 0 spiro atoms. The number of alkyl halides is 2. The third kappa shape index (κ3) is 9.69. The monoisotopic (exact) mass is 701 g/mol. The largest absolute Gasteiger partial charge is 0.363 e. The summed E-state index contributed by atoms with van der Waals surface area (Å²) in [7, 11) is -0.880. The Labute approximate surface area is 292 Å². The third-order valence-corrected chi connectivity index (χ3v) is 10.8. The van der Waals surface area contributed by atoms with Gasteiger partial charge in [0.25, 0.3) is 11.5 Å². The van der Waals surface area contributed by atoms with Crippen molar-refractivity contribution in [3.05, 3.63) is 88.8 Å². The molecule has 0 radical (unpaired) electrons. The molecule has 2 aromatic heterocycles. The van der Waals surface area contributed by atoms with Crippen molar-refractivity contribution in [2.45, 2.75) is 97.6 Å². The number of rotatable bonds is 13. The van der Waals surface area contributed by atoms with E-state index in [1.807, 2.05) is 19.9 Å². The molecule has 2 aliphatic rings. The Morgan fingerprint density at radius 1 is 1.10 bits per heavy atom. The first-order valence-corrected chi connectivity index (χ1v) is 18.7. The van der Waals surface area contributed by atoms with Gasteiger partial charge in [-0.05, 0) is 76.4 Å². The lowest BCUT2D eigenvalue weighted by Gasteiger charge is -2.33. The first kappa shape index (κ1) is 40.1. The van der Waals surface area contributed by atoms with Gasteiger partial charge in [0, 0.05) is 52.9 Å². The van der Waals surface area contributed by atoms with Crippen molar-refractivity contribution in [2.75, 3.05) is 36.5 Å². The van der Waals surface area contributed by atoms with E-state index in [4.69, 9.17) is 0 Å². The molecule has 1 N–H and O–H groups in total. The number of fused-ring (bicyclic) bond motifs is 1. The van der Waals surface area contributed by atoms with E-state index in [9.17, 15) is 9.00 Å². The number of aryl methyl sites for hydroxylation is 1. The fourth-order valence-electron chi connectivity index (χ4n) is 6.79. The summed E-state index contributed by atoms with van der Waals surface area (Å²) in [5, 5.41) is 3.84. The molecule has 11 heteroatoms. The summed E-state index contributed by atoms with van der Waals surface area (Å²) in [5.74, 6) is -3.00. The molecular formula is C38H54F3N5O2S. The molecule has 3 aromatic rings. The third-order valence-electron chi connectivity index (χ3n) is 9.41. The van der Waals surface area contributed by atoms with E-state index in [1.165, 1.54) is 24.5 Å². The molecule has 0 amide bonds. The van der Waals surface area contributed by atoms with Gasteiger partial charge in [0.2, 0.25) is 0 Å². The number of anilines is 1. The Morgan fingerprint density at radius 3 is 2.45 bits per heavy atom. The Hall–Kier alpha value is -3.31. The predicted octanol–water partition coefficient (Wildman–Crippen LogP) is 8.74. The van der Waals surface area contributed by atoms with Crippen LogP contribution in [0.2, 0.25) is 0 Å². The lowest BCUT2D eigenvalue weighted by atomic mass is 9.87. The number of hydrogen-bond acceptors (Lipinski definition) is 6. The fraction of sp³-hybridized carbons (Fsp3) is 0.553. The molecule has 1 aromatic carbocycles. The summed E-state index contributed by atoms with van der Waals surface area (Å²) >= 11 is 0. The van der Waals surface area contributed by atoms with Crippen molar-refractivity contribution in [3.63, 3.8) is 0 Å². The number of aromatic nitrogens is 3. The number of pyridine rings is 1. The summed E-state index contributed by atoms with van der Waals surface area (Å²) in [6, 6.07) is 5.27. The number of piperidine rings is 1. The first-order valence-electron chi connectivity index (χ1n) is 17.2. The zero-order valence-electron chi connectivity index (χ0n) is 28.5. The second kappa shape index (κ2) is 18.6. The van der Waals surface area contributed by atoms with Crippen molar-refractivity contribution in [1.82, 2.24) is 19.4 Å².